The van der Waals surface area contributed by atoms with Gasteiger partial charge in [0.2, 0.25) is 5.91 Å². The summed E-state index contributed by atoms with van der Waals surface area (Å²) in [7, 11) is 0. The molecule has 6 heteroatoms. The standard InChI is InChI=1S/C17H21N3O3/c1-12-5-7-14(8-6-12)23-17(19-13(2)21,15-9-10-18-20-15)16-4-3-11-22-16/h5-10,16H,3-4,11H2,1-2H3,(H,18,20)(H,19,21). The summed E-state index contributed by atoms with van der Waals surface area (Å²) in [6.07, 6.45) is 3.08. The van der Waals surface area contributed by atoms with E-state index in [1.54, 1.807) is 12.3 Å². The molecule has 122 valence electrons. The van der Waals surface area contributed by atoms with E-state index in [4.69, 9.17) is 9.47 Å². The molecule has 2 N–H and O–H groups in total. The SMILES string of the molecule is CC(=O)NC(Oc1ccc(C)cc1)(c1ccn[nH]1)C1CCCO1. The highest BCUT2D eigenvalue weighted by atomic mass is 16.6. The third-order valence-corrected chi connectivity index (χ3v) is 3.95. The zero-order chi connectivity index (χ0) is 16.3. The van der Waals surface area contributed by atoms with Crippen molar-refractivity contribution in [3.05, 3.63) is 47.8 Å². The molecule has 1 amide bonds. The average Bonchev–Trinajstić information content (AvgIpc) is 3.22. The summed E-state index contributed by atoms with van der Waals surface area (Å²) in [5.41, 5.74) is 0.690. The van der Waals surface area contributed by atoms with Crippen molar-refractivity contribution >= 4 is 5.91 Å². The monoisotopic (exact) mass is 315 g/mol. The maximum absolute atomic E-state index is 11.9. The van der Waals surface area contributed by atoms with Crippen molar-refractivity contribution < 1.29 is 14.3 Å². The van der Waals surface area contributed by atoms with Crippen molar-refractivity contribution in [3.63, 3.8) is 0 Å². The van der Waals surface area contributed by atoms with E-state index in [0.29, 0.717) is 18.1 Å². The van der Waals surface area contributed by atoms with Crippen LogP contribution in [0.5, 0.6) is 5.75 Å². The first kappa shape index (κ1) is 15.6. The number of H-pyrrole nitrogens is 1. The number of aryl methyl sites for hydroxylation is 1. The van der Waals surface area contributed by atoms with Gasteiger partial charge in [-0.1, -0.05) is 17.7 Å². The van der Waals surface area contributed by atoms with E-state index in [1.807, 2.05) is 31.2 Å². The largest absolute Gasteiger partial charge is 0.459 e. The van der Waals surface area contributed by atoms with Gasteiger partial charge in [0.25, 0.3) is 5.72 Å². The summed E-state index contributed by atoms with van der Waals surface area (Å²) in [6.45, 7) is 4.13. The Kier molecular flexibility index (Phi) is 4.34. The van der Waals surface area contributed by atoms with Crippen LogP contribution < -0.4 is 10.1 Å². The second kappa shape index (κ2) is 6.42. The number of rotatable bonds is 5. The van der Waals surface area contributed by atoms with Crippen molar-refractivity contribution in [3.8, 4) is 5.75 Å². The van der Waals surface area contributed by atoms with Gasteiger partial charge in [0.1, 0.15) is 17.5 Å². The molecular weight excluding hydrogens is 294 g/mol. The molecule has 1 aliphatic rings. The van der Waals surface area contributed by atoms with Crippen molar-refractivity contribution in [1.29, 1.82) is 0 Å². The molecule has 0 spiro atoms. The highest BCUT2D eigenvalue weighted by molar-refractivity contribution is 5.74. The molecule has 1 aliphatic heterocycles. The molecular formula is C17H21N3O3. The Labute approximate surface area is 135 Å². The zero-order valence-electron chi connectivity index (χ0n) is 13.3. The molecule has 1 fully saturated rings. The third-order valence-electron chi connectivity index (χ3n) is 3.95. The number of ether oxygens (including phenoxy) is 2. The molecule has 2 atom stereocenters. The van der Waals surface area contributed by atoms with Gasteiger partial charge >= 0.3 is 0 Å². The van der Waals surface area contributed by atoms with Crippen molar-refractivity contribution in [2.24, 2.45) is 0 Å². The van der Waals surface area contributed by atoms with Crippen LogP contribution in [0.15, 0.2) is 36.5 Å². The predicted molar refractivity (Wildman–Crippen MR) is 84.9 cm³/mol. The summed E-state index contributed by atoms with van der Waals surface area (Å²) < 4.78 is 12.1. The molecule has 6 nitrogen and oxygen atoms in total. The van der Waals surface area contributed by atoms with E-state index in [-0.39, 0.29) is 12.0 Å². The lowest BCUT2D eigenvalue weighted by atomic mass is 9.99. The first-order valence-corrected chi connectivity index (χ1v) is 7.76. The minimum atomic E-state index is -1.12. The molecule has 1 aromatic carbocycles. The van der Waals surface area contributed by atoms with E-state index in [1.165, 1.54) is 6.92 Å². The van der Waals surface area contributed by atoms with Crippen molar-refractivity contribution in [2.75, 3.05) is 6.61 Å². The van der Waals surface area contributed by atoms with Gasteiger partial charge in [-0.15, -0.1) is 0 Å². The molecule has 23 heavy (non-hydrogen) atoms. The van der Waals surface area contributed by atoms with Gasteiger partial charge in [-0.3, -0.25) is 9.89 Å². The van der Waals surface area contributed by atoms with E-state index in [0.717, 1.165) is 18.4 Å². The maximum atomic E-state index is 11.9. The van der Waals surface area contributed by atoms with Gasteiger partial charge in [0, 0.05) is 19.7 Å². The Balaban J connectivity index is 2.02. The summed E-state index contributed by atoms with van der Waals surface area (Å²) in [5, 5.41) is 9.88. The van der Waals surface area contributed by atoms with Gasteiger partial charge in [-0.2, -0.15) is 5.10 Å². The Morgan fingerprint density at radius 2 is 2.17 bits per heavy atom. The molecule has 1 aromatic heterocycles. The lowest BCUT2D eigenvalue weighted by Gasteiger charge is -2.38. The van der Waals surface area contributed by atoms with Gasteiger partial charge in [-0.25, -0.2) is 0 Å². The van der Waals surface area contributed by atoms with Crippen molar-refractivity contribution in [1.82, 2.24) is 15.5 Å². The van der Waals surface area contributed by atoms with E-state index < -0.39 is 5.72 Å². The van der Waals surface area contributed by atoms with Crippen LogP contribution in [-0.4, -0.2) is 28.8 Å². The Hall–Kier alpha value is -2.34. The third kappa shape index (κ3) is 3.22. The smallest absolute Gasteiger partial charge is 0.251 e. The van der Waals surface area contributed by atoms with Gasteiger partial charge in [0.15, 0.2) is 0 Å². The van der Waals surface area contributed by atoms with Gasteiger partial charge in [-0.05, 0) is 38.0 Å². The molecule has 2 unspecified atom stereocenters. The van der Waals surface area contributed by atoms with Crippen LogP contribution >= 0.6 is 0 Å². The number of amides is 1. The van der Waals surface area contributed by atoms with Gasteiger partial charge < -0.3 is 14.8 Å². The number of carbonyl (C=O) groups is 1. The Bertz CT molecular complexity index is 648. The highest BCUT2D eigenvalue weighted by Crippen LogP contribution is 2.34. The summed E-state index contributed by atoms with van der Waals surface area (Å²) in [6, 6.07) is 9.51. The fourth-order valence-corrected chi connectivity index (χ4v) is 2.88. The van der Waals surface area contributed by atoms with Crippen LogP contribution in [-0.2, 0) is 15.3 Å². The maximum Gasteiger partial charge on any atom is 0.251 e. The van der Waals surface area contributed by atoms with Crippen LogP contribution in [0, 0.1) is 6.92 Å². The normalized spacial score (nSPS) is 20.0. The van der Waals surface area contributed by atoms with E-state index >= 15 is 0 Å². The van der Waals surface area contributed by atoms with Crippen LogP contribution in [0.3, 0.4) is 0 Å². The number of nitrogens with zero attached hydrogens (tertiary/aromatic N) is 1. The summed E-state index contributed by atoms with van der Waals surface area (Å²) in [5.74, 6) is 0.469. The Morgan fingerprint density at radius 1 is 1.39 bits per heavy atom. The first-order valence-electron chi connectivity index (χ1n) is 7.76. The lowest BCUT2D eigenvalue weighted by molar-refractivity contribution is -0.138. The van der Waals surface area contributed by atoms with Crippen molar-refractivity contribution in [2.45, 2.75) is 38.5 Å². The quantitative estimate of drug-likeness (QED) is 0.830. The molecule has 1 saturated heterocycles. The number of hydrogen-bond acceptors (Lipinski definition) is 4. The van der Waals surface area contributed by atoms with Gasteiger partial charge in [0.05, 0.1) is 0 Å². The predicted octanol–water partition coefficient (Wildman–Crippen LogP) is 2.27. The summed E-state index contributed by atoms with van der Waals surface area (Å²) in [4.78, 5) is 11.9. The fraction of sp³-hybridized carbons (Fsp3) is 0.412. The molecule has 0 radical (unpaired) electrons. The first-order chi connectivity index (χ1) is 11.1. The molecule has 0 bridgehead atoms. The average molecular weight is 315 g/mol. The second-order valence-corrected chi connectivity index (χ2v) is 5.80. The minimum Gasteiger partial charge on any atom is -0.459 e. The van der Waals surface area contributed by atoms with Crippen LogP contribution in [0.4, 0.5) is 0 Å². The number of benzene rings is 1. The topological polar surface area (TPSA) is 76.2 Å². The molecule has 2 heterocycles. The molecule has 0 saturated carbocycles. The van der Waals surface area contributed by atoms with Crippen LogP contribution in [0.2, 0.25) is 0 Å². The van der Waals surface area contributed by atoms with E-state index in [2.05, 4.69) is 15.5 Å². The number of aromatic nitrogens is 2. The molecule has 3 rings (SSSR count). The number of carbonyl (C=O) groups excluding carboxylic acids is 1. The molecule has 2 aromatic rings. The van der Waals surface area contributed by atoms with Crippen LogP contribution in [0.25, 0.3) is 0 Å². The lowest BCUT2D eigenvalue weighted by Crippen LogP contribution is -2.57. The second-order valence-electron chi connectivity index (χ2n) is 5.80. The summed E-state index contributed by atoms with van der Waals surface area (Å²) >= 11 is 0. The van der Waals surface area contributed by atoms with E-state index in [9.17, 15) is 4.79 Å². The number of aromatic amines is 1. The zero-order valence-corrected chi connectivity index (χ0v) is 13.3. The highest BCUT2D eigenvalue weighted by Gasteiger charge is 2.47. The Morgan fingerprint density at radius 3 is 2.74 bits per heavy atom. The fourth-order valence-electron chi connectivity index (χ4n) is 2.88. The number of hydrogen-bond donors (Lipinski definition) is 2. The van der Waals surface area contributed by atoms with Crippen LogP contribution in [0.1, 0.15) is 31.0 Å². The molecule has 0 aliphatic carbocycles. The minimum absolute atomic E-state index is 0.192. The number of nitrogens with one attached hydrogen (secondary N) is 2.